The number of methoxy groups -OCH3 is 1. The molecule has 1 fully saturated rings. The molecule has 2 heterocycles. The van der Waals surface area contributed by atoms with E-state index in [-0.39, 0.29) is 36.2 Å². The smallest absolute Gasteiger partial charge is 0.289 e. The molecule has 3 aromatic rings. The number of sulfone groups is 1. The fraction of sp³-hybridized carbons (Fsp3) is 0.269. The Morgan fingerprint density at radius 1 is 1.13 bits per heavy atom. The van der Waals surface area contributed by atoms with Gasteiger partial charge in [-0.3, -0.25) is 14.8 Å². The van der Waals surface area contributed by atoms with Gasteiger partial charge in [0.05, 0.1) is 35.4 Å². The number of nitrogens with one attached hydrogen (secondary N) is 1. The average molecular weight is 572 g/mol. The maximum absolute atomic E-state index is 13.3. The zero-order valence-electron chi connectivity index (χ0n) is 20.4. The van der Waals surface area contributed by atoms with Crippen LogP contribution in [0.15, 0.2) is 42.5 Å². The zero-order valence-corrected chi connectivity index (χ0v) is 22.7. The lowest BCUT2D eigenvalue weighted by atomic mass is 10.1. The highest BCUT2D eigenvalue weighted by Crippen LogP contribution is 2.36. The number of aromatic nitrogens is 2. The lowest BCUT2D eigenvalue weighted by molar-refractivity contribution is 0.0793. The second-order valence-electron chi connectivity index (χ2n) is 8.34. The molecule has 1 aliphatic rings. The summed E-state index contributed by atoms with van der Waals surface area (Å²) in [7, 11) is -1.68. The van der Waals surface area contributed by atoms with Crippen molar-refractivity contribution in [1.29, 1.82) is 5.26 Å². The standard InChI is InChI=1S/C26H23Cl2N5O4S/c1-37-26-23(25(34)31-32-13-15-38(35,36)16-14-32)30-24(21-11-8-19(27)17-22(21)28)33(26)20-9-6-18(7-10-20)5-3-2-4-12-29/h6-11,17H,2,4,13-16H2,1H3,(H,31,34). The molecule has 0 spiro atoms. The van der Waals surface area contributed by atoms with Crippen LogP contribution in [0.25, 0.3) is 17.1 Å². The van der Waals surface area contributed by atoms with Crippen molar-refractivity contribution in [2.24, 2.45) is 0 Å². The molecule has 0 saturated carbocycles. The van der Waals surface area contributed by atoms with Crippen molar-refractivity contribution >= 4 is 38.9 Å². The van der Waals surface area contributed by atoms with Gasteiger partial charge in [0, 0.05) is 42.1 Å². The molecule has 0 radical (unpaired) electrons. The first-order valence-electron chi connectivity index (χ1n) is 11.6. The molecule has 196 valence electrons. The topological polar surface area (TPSA) is 117 Å². The molecular weight excluding hydrogens is 549 g/mol. The third-order valence-electron chi connectivity index (χ3n) is 5.74. The summed E-state index contributed by atoms with van der Waals surface area (Å²) in [4.78, 5) is 17.9. The van der Waals surface area contributed by atoms with Gasteiger partial charge >= 0.3 is 0 Å². The molecule has 1 aliphatic heterocycles. The molecule has 1 aromatic heterocycles. The number of ether oxygens (including phenoxy) is 1. The van der Waals surface area contributed by atoms with Crippen molar-refractivity contribution in [3.8, 4) is 40.9 Å². The molecule has 1 saturated heterocycles. The highest BCUT2D eigenvalue weighted by Gasteiger charge is 2.29. The molecule has 0 unspecified atom stereocenters. The first-order valence-corrected chi connectivity index (χ1v) is 14.1. The van der Waals surface area contributed by atoms with E-state index in [1.54, 1.807) is 27.8 Å². The van der Waals surface area contributed by atoms with Crippen LogP contribution < -0.4 is 10.2 Å². The van der Waals surface area contributed by atoms with E-state index in [4.69, 9.17) is 33.2 Å². The molecule has 1 amide bonds. The molecule has 0 aliphatic carbocycles. The second kappa shape index (κ2) is 11.9. The van der Waals surface area contributed by atoms with Crippen LogP contribution >= 0.6 is 23.2 Å². The van der Waals surface area contributed by atoms with Crippen molar-refractivity contribution in [3.63, 3.8) is 0 Å². The summed E-state index contributed by atoms with van der Waals surface area (Å²) in [5.41, 5.74) is 4.66. The van der Waals surface area contributed by atoms with Crippen molar-refractivity contribution in [3.05, 3.63) is 63.8 Å². The van der Waals surface area contributed by atoms with Crippen LogP contribution in [0.2, 0.25) is 10.0 Å². The highest BCUT2D eigenvalue weighted by molar-refractivity contribution is 7.91. The lowest BCUT2D eigenvalue weighted by Crippen LogP contribution is -2.50. The molecule has 9 nitrogen and oxygen atoms in total. The summed E-state index contributed by atoms with van der Waals surface area (Å²) < 4.78 is 30.9. The number of carbonyl (C=O) groups excluding carboxylic acids is 1. The Kier molecular flexibility index (Phi) is 8.60. The van der Waals surface area contributed by atoms with E-state index in [0.29, 0.717) is 40.0 Å². The number of halogens is 2. The van der Waals surface area contributed by atoms with Crippen LogP contribution in [0.3, 0.4) is 0 Å². The van der Waals surface area contributed by atoms with Crippen molar-refractivity contribution < 1.29 is 17.9 Å². The Balaban J connectivity index is 1.75. The number of rotatable bonds is 6. The minimum atomic E-state index is -3.11. The third-order valence-corrected chi connectivity index (χ3v) is 7.90. The Hall–Kier alpha value is -3.54. The van der Waals surface area contributed by atoms with E-state index < -0.39 is 15.7 Å². The van der Waals surface area contributed by atoms with Crippen molar-refractivity contribution in [2.45, 2.75) is 12.8 Å². The SMILES string of the molecule is COc1c(C(=O)NN2CCS(=O)(=O)CC2)nc(-c2ccc(Cl)cc2Cl)n1-c1ccc(C#CCCC#N)cc1. The molecule has 0 bridgehead atoms. The lowest BCUT2D eigenvalue weighted by Gasteiger charge is -2.26. The Labute approximate surface area is 230 Å². The largest absolute Gasteiger partial charge is 0.480 e. The van der Waals surface area contributed by atoms with Crippen LogP contribution in [0, 0.1) is 23.2 Å². The number of hydrogen-bond acceptors (Lipinski definition) is 7. The number of nitrogens with zero attached hydrogens (tertiary/aromatic N) is 4. The Morgan fingerprint density at radius 3 is 2.47 bits per heavy atom. The fourth-order valence-electron chi connectivity index (χ4n) is 3.83. The predicted octanol–water partition coefficient (Wildman–Crippen LogP) is 3.89. The van der Waals surface area contributed by atoms with Crippen LogP contribution in [0.5, 0.6) is 5.88 Å². The number of hydrazine groups is 1. The summed E-state index contributed by atoms with van der Waals surface area (Å²) in [6.07, 6.45) is 0.842. The summed E-state index contributed by atoms with van der Waals surface area (Å²) in [6, 6.07) is 14.3. The van der Waals surface area contributed by atoms with Crippen molar-refractivity contribution in [1.82, 2.24) is 20.0 Å². The third kappa shape index (κ3) is 6.29. The van der Waals surface area contributed by atoms with E-state index in [1.165, 1.54) is 7.11 Å². The van der Waals surface area contributed by atoms with E-state index in [2.05, 4.69) is 28.3 Å². The predicted molar refractivity (Wildman–Crippen MR) is 145 cm³/mol. The summed E-state index contributed by atoms with van der Waals surface area (Å²) in [6.45, 7) is 0.341. The average Bonchev–Trinajstić information content (AvgIpc) is 3.28. The number of imidazole rings is 1. The van der Waals surface area contributed by atoms with Gasteiger partial charge in [0.1, 0.15) is 5.82 Å². The molecule has 38 heavy (non-hydrogen) atoms. The van der Waals surface area contributed by atoms with E-state index in [9.17, 15) is 13.2 Å². The molecule has 12 heteroatoms. The van der Waals surface area contributed by atoms with Gasteiger partial charge < -0.3 is 4.74 Å². The van der Waals surface area contributed by atoms with E-state index in [1.807, 2.05) is 24.3 Å². The maximum atomic E-state index is 13.3. The van der Waals surface area contributed by atoms with E-state index >= 15 is 0 Å². The van der Waals surface area contributed by atoms with Gasteiger partial charge in [0.2, 0.25) is 5.88 Å². The van der Waals surface area contributed by atoms with Crippen molar-refractivity contribution in [2.75, 3.05) is 31.7 Å². The first-order chi connectivity index (χ1) is 18.2. The van der Waals surface area contributed by atoms with Gasteiger partial charge in [0.25, 0.3) is 5.91 Å². The number of hydrogen-bond donors (Lipinski definition) is 1. The summed E-state index contributed by atoms with van der Waals surface area (Å²) >= 11 is 12.6. The van der Waals surface area contributed by atoms with Gasteiger partial charge in [-0.1, -0.05) is 35.0 Å². The number of nitriles is 1. The molecular formula is C26H23Cl2N5O4S. The van der Waals surface area contributed by atoms with Crippen LogP contribution in [0.1, 0.15) is 28.9 Å². The van der Waals surface area contributed by atoms with E-state index in [0.717, 1.165) is 5.56 Å². The number of carbonyl (C=O) groups is 1. The minimum absolute atomic E-state index is 0.00215. The maximum Gasteiger partial charge on any atom is 0.289 e. The van der Waals surface area contributed by atoms with Crippen LogP contribution in [-0.2, 0) is 9.84 Å². The molecule has 2 aromatic carbocycles. The molecule has 1 N–H and O–H groups in total. The molecule has 0 atom stereocenters. The Morgan fingerprint density at radius 2 is 1.84 bits per heavy atom. The van der Waals surface area contributed by atoms with Gasteiger partial charge in [-0.05, 0) is 42.5 Å². The molecule has 4 rings (SSSR count). The first kappa shape index (κ1) is 27.5. The highest BCUT2D eigenvalue weighted by atomic mass is 35.5. The van der Waals surface area contributed by atoms with Gasteiger partial charge in [0.15, 0.2) is 15.5 Å². The summed E-state index contributed by atoms with van der Waals surface area (Å²) in [5, 5.41) is 11.0. The van der Waals surface area contributed by atoms with Crippen LogP contribution in [-0.4, -0.2) is 60.6 Å². The quantitative estimate of drug-likeness (QED) is 0.352. The second-order valence-corrected chi connectivity index (χ2v) is 11.5. The normalized spacial score (nSPS) is 14.7. The van der Waals surface area contributed by atoms with Gasteiger partial charge in [-0.2, -0.15) is 5.26 Å². The number of amides is 1. The fourth-order valence-corrected chi connectivity index (χ4v) is 5.52. The Bertz CT molecular complexity index is 1550. The monoisotopic (exact) mass is 571 g/mol. The zero-order chi connectivity index (χ0) is 27.3. The van der Waals surface area contributed by atoms with Gasteiger partial charge in [-0.15, -0.1) is 0 Å². The minimum Gasteiger partial charge on any atom is -0.480 e. The number of unbranched alkanes of at least 4 members (excludes halogenated alkanes) is 1. The number of benzene rings is 2. The van der Waals surface area contributed by atoms with Gasteiger partial charge in [-0.25, -0.2) is 18.4 Å². The van der Waals surface area contributed by atoms with Crippen LogP contribution in [0.4, 0.5) is 0 Å². The summed E-state index contributed by atoms with van der Waals surface area (Å²) in [5.74, 6) is 5.85.